The average molecular weight is 239 g/mol. The lowest BCUT2D eigenvalue weighted by atomic mass is 10.1. The molecule has 0 atom stereocenters. The van der Waals surface area contributed by atoms with E-state index in [0.717, 1.165) is 0 Å². The smallest absolute Gasteiger partial charge is 0.272 e. The minimum absolute atomic E-state index is 0.00523. The van der Waals surface area contributed by atoms with E-state index in [9.17, 15) is 14.4 Å². The summed E-state index contributed by atoms with van der Waals surface area (Å²) in [6.45, 7) is 7.61. The van der Waals surface area contributed by atoms with Gasteiger partial charge in [-0.25, -0.2) is 0 Å². The lowest BCUT2D eigenvalue weighted by molar-refractivity contribution is -0.118. The molecule has 1 N–H and O–H groups in total. The number of carbonyl (C=O) groups is 1. The van der Waals surface area contributed by atoms with Gasteiger partial charge in [-0.3, -0.25) is 14.4 Å². The van der Waals surface area contributed by atoms with Crippen molar-refractivity contribution >= 4 is 11.6 Å². The minimum Gasteiger partial charge on any atom is -0.487 e. The van der Waals surface area contributed by atoms with Gasteiger partial charge in [0, 0.05) is 5.92 Å². The molecule has 1 aromatic rings. The van der Waals surface area contributed by atoms with Crippen LogP contribution in [0, 0.1) is 11.8 Å². The number of anilines is 1. The molecule has 0 aliphatic carbocycles. The highest BCUT2D eigenvalue weighted by Crippen LogP contribution is 2.18. The van der Waals surface area contributed by atoms with Crippen LogP contribution in [-0.4, -0.2) is 12.5 Å². The van der Waals surface area contributed by atoms with Crippen molar-refractivity contribution in [3.05, 3.63) is 20.4 Å². The monoisotopic (exact) mass is 239 g/mol. The van der Waals surface area contributed by atoms with Crippen molar-refractivity contribution in [1.29, 1.82) is 0 Å². The van der Waals surface area contributed by atoms with Gasteiger partial charge in [0.25, 0.3) is 10.9 Å². The van der Waals surface area contributed by atoms with E-state index in [1.54, 1.807) is 13.8 Å². The summed E-state index contributed by atoms with van der Waals surface area (Å²) < 4.78 is 5.21. The second-order valence-electron chi connectivity index (χ2n) is 4.71. The number of rotatable bonds is 5. The van der Waals surface area contributed by atoms with Gasteiger partial charge < -0.3 is 10.1 Å². The zero-order valence-corrected chi connectivity index (χ0v) is 10.5. The highest BCUT2D eigenvalue weighted by molar-refractivity contribution is 5.94. The second-order valence-corrected chi connectivity index (χ2v) is 4.71. The third kappa shape index (κ3) is 2.93. The zero-order valence-electron chi connectivity index (χ0n) is 10.5. The van der Waals surface area contributed by atoms with Crippen LogP contribution < -0.4 is 20.9 Å². The highest BCUT2D eigenvalue weighted by atomic mass is 16.5. The van der Waals surface area contributed by atoms with Gasteiger partial charge in [0.15, 0.2) is 5.75 Å². The first-order valence-corrected chi connectivity index (χ1v) is 5.61. The molecule has 94 valence electrons. The van der Waals surface area contributed by atoms with Crippen molar-refractivity contribution in [3.63, 3.8) is 0 Å². The fourth-order valence-corrected chi connectivity index (χ4v) is 1.14. The van der Waals surface area contributed by atoms with E-state index in [1.165, 1.54) is 0 Å². The van der Waals surface area contributed by atoms with Crippen LogP contribution in [0.25, 0.3) is 0 Å². The lowest BCUT2D eigenvalue weighted by Gasteiger charge is -2.15. The van der Waals surface area contributed by atoms with Gasteiger partial charge in [0.05, 0.1) is 6.61 Å². The van der Waals surface area contributed by atoms with E-state index in [-0.39, 0.29) is 29.2 Å². The van der Waals surface area contributed by atoms with E-state index in [2.05, 4.69) is 5.32 Å². The van der Waals surface area contributed by atoms with Crippen LogP contribution in [0.5, 0.6) is 5.75 Å². The molecule has 5 heteroatoms. The summed E-state index contributed by atoms with van der Waals surface area (Å²) in [4.78, 5) is 33.9. The van der Waals surface area contributed by atoms with Crippen molar-refractivity contribution in [2.45, 2.75) is 27.7 Å². The Morgan fingerprint density at radius 3 is 2.24 bits per heavy atom. The summed E-state index contributed by atoms with van der Waals surface area (Å²) >= 11 is 0. The molecule has 0 fully saturated rings. The van der Waals surface area contributed by atoms with Crippen LogP contribution in [0.3, 0.4) is 0 Å². The number of hydrogen-bond donors (Lipinski definition) is 1. The summed E-state index contributed by atoms with van der Waals surface area (Å²) in [6, 6.07) is 0. The van der Waals surface area contributed by atoms with Gasteiger partial charge in [-0.2, -0.15) is 0 Å². The molecule has 0 heterocycles. The number of amides is 1. The molecule has 0 spiro atoms. The molecule has 17 heavy (non-hydrogen) atoms. The second kappa shape index (κ2) is 5.12. The maximum atomic E-state index is 11.4. The maximum absolute atomic E-state index is 11.4. The van der Waals surface area contributed by atoms with Crippen LogP contribution >= 0.6 is 0 Å². The lowest BCUT2D eigenvalue weighted by Crippen LogP contribution is -2.38. The third-order valence-electron chi connectivity index (χ3n) is 2.20. The van der Waals surface area contributed by atoms with E-state index in [1.807, 2.05) is 13.8 Å². The molecule has 0 bridgehead atoms. The van der Waals surface area contributed by atoms with Gasteiger partial charge in [-0.05, 0) is 5.92 Å². The molecule has 5 nitrogen and oxygen atoms in total. The SMILES string of the molecule is CC(C)COc1c(NC(=O)C(C)C)c(=O)c1=O. The molecule has 0 aromatic heterocycles. The largest absolute Gasteiger partial charge is 0.487 e. The maximum Gasteiger partial charge on any atom is 0.272 e. The molecule has 0 aliphatic rings. The predicted molar refractivity (Wildman–Crippen MR) is 65.2 cm³/mol. The molecular weight excluding hydrogens is 222 g/mol. The first kappa shape index (κ1) is 13.4. The normalized spacial score (nSPS) is 11.2. The van der Waals surface area contributed by atoms with Crippen molar-refractivity contribution in [3.8, 4) is 5.75 Å². The van der Waals surface area contributed by atoms with Gasteiger partial charge in [0.2, 0.25) is 5.91 Å². The zero-order chi connectivity index (χ0) is 13.2. The van der Waals surface area contributed by atoms with E-state index in [0.29, 0.717) is 6.61 Å². The summed E-state index contributed by atoms with van der Waals surface area (Å²) in [5.41, 5.74) is -1.35. The minimum atomic E-state index is -0.683. The Labute approximate surface area is 99.5 Å². The molecule has 0 aliphatic heterocycles. The fraction of sp³-hybridized carbons (Fsp3) is 0.583. The standard InChI is InChI=1S/C12H17NO4/c1-6(2)5-17-11-8(9(14)10(11)15)13-12(16)7(3)4/h6-7H,5H2,1-4H3,(H,13,16). The van der Waals surface area contributed by atoms with Gasteiger partial charge in [0.1, 0.15) is 5.69 Å². The van der Waals surface area contributed by atoms with E-state index in [4.69, 9.17) is 4.74 Å². The highest BCUT2D eigenvalue weighted by Gasteiger charge is 2.25. The van der Waals surface area contributed by atoms with Gasteiger partial charge in [-0.1, -0.05) is 27.7 Å². The van der Waals surface area contributed by atoms with Crippen molar-refractivity contribution in [2.75, 3.05) is 11.9 Å². The number of ether oxygens (including phenoxy) is 1. The Kier molecular flexibility index (Phi) is 4.04. The van der Waals surface area contributed by atoms with Crippen molar-refractivity contribution in [1.82, 2.24) is 0 Å². The van der Waals surface area contributed by atoms with Crippen LogP contribution in [-0.2, 0) is 4.79 Å². The number of carbonyl (C=O) groups excluding carboxylic acids is 1. The van der Waals surface area contributed by atoms with Gasteiger partial charge >= 0.3 is 0 Å². The molecule has 1 rings (SSSR count). The first-order valence-electron chi connectivity index (χ1n) is 5.61. The van der Waals surface area contributed by atoms with Crippen LogP contribution in [0.2, 0.25) is 0 Å². The van der Waals surface area contributed by atoms with Crippen LogP contribution in [0.4, 0.5) is 5.69 Å². The Bertz CT molecular complexity index is 481. The number of nitrogens with one attached hydrogen (secondary N) is 1. The van der Waals surface area contributed by atoms with Crippen molar-refractivity contribution < 1.29 is 9.53 Å². The molecule has 0 radical (unpaired) electrons. The summed E-state index contributed by atoms with van der Waals surface area (Å²) in [6.07, 6.45) is 0. The molecule has 0 saturated carbocycles. The number of hydrogen-bond acceptors (Lipinski definition) is 4. The fourth-order valence-electron chi connectivity index (χ4n) is 1.14. The Hall–Kier alpha value is -1.65. The summed E-state index contributed by atoms with van der Waals surface area (Å²) in [7, 11) is 0. The molecule has 0 saturated heterocycles. The Morgan fingerprint density at radius 1 is 1.18 bits per heavy atom. The van der Waals surface area contributed by atoms with E-state index >= 15 is 0 Å². The Balaban J connectivity index is 2.80. The van der Waals surface area contributed by atoms with E-state index < -0.39 is 10.9 Å². The summed E-state index contributed by atoms with van der Waals surface area (Å²) in [5, 5.41) is 2.42. The molecule has 1 amide bonds. The third-order valence-corrected chi connectivity index (χ3v) is 2.20. The quantitative estimate of drug-likeness (QED) is 0.775. The predicted octanol–water partition coefficient (Wildman–Crippen LogP) is 0.912. The molecular formula is C12H17NO4. The molecule has 1 aromatic carbocycles. The van der Waals surface area contributed by atoms with Crippen LogP contribution in [0.15, 0.2) is 9.59 Å². The van der Waals surface area contributed by atoms with Crippen molar-refractivity contribution in [2.24, 2.45) is 11.8 Å². The molecule has 0 unspecified atom stereocenters. The first-order chi connectivity index (χ1) is 7.84. The van der Waals surface area contributed by atoms with Gasteiger partial charge in [-0.15, -0.1) is 0 Å². The average Bonchev–Trinajstić information content (AvgIpc) is 2.26. The topological polar surface area (TPSA) is 72.5 Å². The Morgan fingerprint density at radius 2 is 1.76 bits per heavy atom. The summed E-state index contributed by atoms with van der Waals surface area (Å²) in [5.74, 6) is -0.324. The van der Waals surface area contributed by atoms with Crippen LogP contribution in [0.1, 0.15) is 27.7 Å².